The summed E-state index contributed by atoms with van der Waals surface area (Å²) in [7, 11) is 0. The number of pyridine rings is 1. The summed E-state index contributed by atoms with van der Waals surface area (Å²) in [5.74, 6) is -1.01. The van der Waals surface area contributed by atoms with Crippen molar-refractivity contribution in [2.24, 2.45) is 0 Å². The van der Waals surface area contributed by atoms with E-state index in [-0.39, 0.29) is 37.0 Å². The summed E-state index contributed by atoms with van der Waals surface area (Å²) in [6.07, 6.45) is 4.32. The van der Waals surface area contributed by atoms with E-state index in [4.69, 9.17) is 0 Å². The first kappa shape index (κ1) is 21.5. The zero-order chi connectivity index (χ0) is 21.7. The molecule has 0 unspecified atom stereocenters. The van der Waals surface area contributed by atoms with E-state index in [2.05, 4.69) is 20.9 Å². The second kappa shape index (κ2) is 9.55. The number of carbonyl (C=O) groups excluding carboxylic acids is 4. The van der Waals surface area contributed by atoms with Gasteiger partial charge in [0.05, 0.1) is 12.1 Å². The predicted octanol–water partition coefficient (Wildman–Crippen LogP) is -0.279. The van der Waals surface area contributed by atoms with Crippen molar-refractivity contribution < 1.29 is 19.2 Å². The average molecular weight is 416 g/mol. The van der Waals surface area contributed by atoms with Crippen LogP contribution < -0.4 is 16.0 Å². The minimum Gasteiger partial charge on any atom is -0.354 e. The summed E-state index contributed by atoms with van der Waals surface area (Å²) in [5.41, 5.74) is 0.366. The molecule has 5 amide bonds. The summed E-state index contributed by atoms with van der Waals surface area (Å²) in [6, 6.07) is 1.41. The molecule has 0 spiro atoms. The number of aromatic nitrogens is 1. The van der Waals surface area contributed by atoms with Gasteiger partial charge in [-0.3, -0.25) is 19.4 Å². The Hall–Kier alpha value is -3.17. The molecule has 2 atom stereocenters. The van der Waals surface area contributed by atoms with Crippen molar-refractivity contribution >= 4 is 23.8 Å². The van der Waals surface area contributed by atoms with Crippen molar-refractivity contribution in [1.82, 2.24) is 30.7 Å². The first-order chi connectivity index (χ1) is 14.4. The van der Waals surface area contributed by atoms with Crippen LogP contribution in [0.5, 0.6) is 0 Å². The molecule has 162 valence electrons. The molecule has 2 aliphatic heterocycles. The fourth-order valence-electron chi connectivity index (χ4n) is 3.61. The third-order valence-corrected chi connectivity index (χ3v) is 5.15. The van der Waals surface area contributed by atoms with Crippen LogP contribution in [0, 0.1) is 0 Å². The van der Waals surface area contributed by atoms with E-state index in [0.717, 1.165) is 6.42 Å². The second-order valence-corrected chi connectivity index (χ2v) is 7.80. The monoisotopic (exact) mass is 416 g/mol. The highest BCUT2D eigenvalue weighted by atomic mass is 16.2. The Morgan fingerprint density at radius 2 is 2.07 bits per heavy atom. The number of rotatable bonds is 4. The molecule has 1 aromatic rings. The SMILES string of the molecule is CC(C)NC(=O)N1CCN(C(=O)c2cccnc2)[C@@H](C(=O)N[C@@H]2CCCNC2=O)C1. The Kier molecular flexibility index (Phi) is 6.86. The molecular formula is C20H28N6O4. The topological polar surface area (TPSA) is 124 Å². The summed E-state index contributed by atoms with van der Waals surface area (Å²) in [5, 5.41) is 8.30. The second-order valence-electron chi connectivity index (χ2n) is 7.80. The molecule has 0 saturated carbocycles. The van der Waals surface area contributed by atoms with Gasteiger partial charge in [0.2, 0.25) is 11.8 Å². The van der Waals surface area contributed by atoms with Crippen molar-refractivity contribution in [1.29, 1.82) is 0 Å². The van der Waals surface area contributed by atoms with Crippen LogP contribution in [-0.4, -0.2) is 82.8 Å². The molecule has 2 aliphatic rings. The highest BCUT2D eigenvalue weighted by molar-refractivity contribution is 5.98. The van der Waals surface area contributed by atoms with Crippen LogP contribution in [0.3, 0.4) is 0 Å². The van der Waals surface area contributed by atoms with Gasteiger partial charge in [0, 0.05) is 38.1 Å². The summed E-state index contributed by atoms with van der Waals surface area (Å²) >= 11 is 0. The number of nitrogens with zero attached hydrogens (tertiary/aromatic N) is 3. The average Bonchev–Trinajstić information content (AvgIpc) is 2.74. The summed E-state index contributed by atoms with van der Waals surface area (Å²) in [6.45, 7) is 4.85. The van der Waals surface area contributed by atoms with Crippen molar-refractivity contribution in [2.45, 2.75) is 44.8 Å². The molecule has 0 aliphatic carbocycles. The van der Waals surface area contributed by atoms with Gasteiger partial charge >= 0.3 is 6.03 Å². The fraction of sp³-hybridized carbons (Fsp3) is 0.550. The molecule has 0 aromatic carbocycles. The standard InChI is InChI=1S/C20H28N6O4/c1-13(2)23-20(30)25-9-10-26(19(29)14-5-3-7-21-11-14)16(12-25)18(28)24-15-6-4-8-22-17(15)27/h3,5,7,11,13,15-16H,4,6,8-10,12H2,1-2H3,(H,22,27)(H,23,30)(H,24,28)/t15-,16-/m1/s1. The fourth-order valence-corrected chi connectivity index (χ4v) is 3.61. The maximum absolute atomic E-state index is 13.1. The molecule has 3 N–H and O–H groups in total. The highest BCUT2D eigenvalue weighted by Gasteiger charge is 2.39. The number of hydrogen-bond donors (Lipinski definition) is 3. The number of piperidine rings is 1. The molecule has 3 heterocycles. The molecule has 2 fully saturated rings. The lowest BCUT2D eigenvalue weighted by atomic mass is 10.0. The van der Waals surface area contributed by atoms with Gasteiger partial charge in [-0.1, -0.05) is 0 Å². The number of hydrogen-bond acceptors (Lipinski definition) is 5. The van der Waals surface area contributed by atoms with E-state index in [0.29, 0.717) is 25.1 Å². The summed E-state index contributed by atoms with van der Waals surface area (Å²) in [4.78, 5) is 57.6. The Balaban J connectivity index is 1.78. The van der Waals surface area contributed by atoms with Gasteiger partial charge in [-0.05, 0) is 38.8 Å². The van der Waals surface area contributed by atoms with E-state index in [1.807, 2.05) is 13.8 Å². The zero-order valence-corrected chi connectivity index (χ0v) is 17.3. The zero-order valence-electron chi connectivity index (χ0n) is 17.3. The summed E-state index contributed by atoms with van der Waals surface area (Å²) < 4.78 is 0. The van der Waals surface area contributed by atoms with Crippen LogP contribution >= 0.6 is 0 Å². The van der Waals surface area contributed by atoms with Crippen molar-refractivity contribution in [3.8, 4) is 0 Å². The van der Waals surface area contributed by atoms with E-state index < -0.39 is 18.0 Å². The lowest BCUT2D eigenvalue weighted by molar-refractivity contribution is -0.133. The van der Waals surface area contributed by atoms with Crippen molar-refractivity contribution in [2.75, 3.05) is 26.2 Å². The molecule has 0 radical (unpaired) electrons. The van der Waals surface area contributed by atoms with Crippen LogP contribution in [0.15, 0.2) is 24.5 Å². The van der Waals surface area contributed by atoms with E-state index in [1.54, 1.807) is 18.3 Å². The number of piperazine rings is 1. The first-order valence-electron chi connectivity index (χ1n) is 10.2. The molecule has 1 aromatic heterocycles. The van der Waals surface area contributed by atoms with Gasteiger partial charge < -0.3 is 25.8 Å². The van der Waals surface area contributed by atoms with Gasteiger partial charge in [-0.25, -0.2) is 4.79 Å². The molecule has 3 rings (SSSR count). The van der Waals surface area contributed by atoms with Gasteiger partial charge in [0.25, 0.3) is 5.91 Å². The van der Waals surface area contributed by atoms with Crippen LogP contribution in [0.1, 0.15) is 37.0 Å². The highest BCUT2D eigenvalue weighted by Crippen LogP contribution is 2.16. The molecular weight excluding hydrogens is 388 g/mol. The smallest absolute Gasteiger partial charge is 0.317 e. The Labute approximate surface area is 175 Å². The maximum atomic E-state index is 13.1. The van der Waals surface area contributed by atoms with Crippen molar-refractivity contribution in [3.63, 3.8) is 0 Å². The van der Waals surface area contributed by atoms with E-state index in [1.165, 1.54) is 16.0 Å². The van der Waals surface area contributed by atoms with E-state index >= 15 is 0 Å². The van der Waals surface area contributed by atoms with Crippen molar-refractivity contribution in [3.05, 3.63) is 30.1 Å². The normalized spacial score (nSPS) is 21.8. The number of nitrogens with one attached hydrogen (secondary N) is 3. The minimum atomic E-state index is -0.904. The number of urea groups is 1. The Bertz CT molecular complexity index is 800. The predicted molar refractivity (Wildman–Crippen MR) is 108 cm³/mol. The van der Waals surface area contributed by atoms with Crippen LogP contribution in [0.25, 0.3) is 0 Å². The number of amides is 5. The number of carbonyl (C=O) groups is 4. The molecule has 0 bridgehead atoms. The van der Waals surface area contributed by atoms with Gasteiger partial charge in [-0.15, -0.1) is 0 Å². The van der Waals surface area contributed by atoms with Crippen LogP contribution in [0.2, 0.25) is 0 Å². The molecule has 10 heteroatoms. The van der Waals surface area contributed by atoms with Crippen LogP contribution in [0.4, 0.5) is 4.79 Å². The third-order valence-electron chi connectivity index (χ3n) is 5.15. The molecule has 10 nitrogen and oxygen atoms in total. The minimum absolute atomic E-state index is 0.0464. The lowest BCUT2D eigenvalue weighted by Gasteiger charge is -2.41. The van der Waals surface area contributed by atoms with Crippen LogP contribution in [-0.2, 0) is 9.59 Å². The Morgan fingerprint density at radius 1 is 1.27 bits per heavy atom. The Morgan fingerprint density at radius 3 is 2.73 bits per heavy atom. The quantitative estimate of drug-likeness (QED) is 0.623. The molecule has 30 heavy (non-hydrogen) atoms. The maximum Gasteiger partial charge on any atom is 0.317 e. The van der Waals surface area contributed by atoms with E-state index in [9.17, 15) is 19.2 Å². The molecule has 2 saturated heterocycles. The van der Waals surface area contributed by atoms with Gasteiger partial charge in [0.15, 0.2) is 0 Å². The lowest BCUT2D eigenvalue weighted by Crippen LogP contribution is -2.64. The third kappa shape index (κ3) is 5.05. The van der Waals surface area contributed by atoms with Gasteiger partial charge in [0.1, 0.15) is 12.1 Å². The first-order valence-corrected chi connectivity index (χ1v) is 10.2. The van der Waals surface area contributed by atoms with Gasteiger partial charge in [-0.2, -0.15) is 0 Å². The largest absolute Gasteiger partial charge is 0.354 e.